The summed E-state index contributed by atoms with van der Waals surface area (Å²) in [5.74, 6) is 0. The first-order chi connectivity index (χ1) is 5.79. The Kier molecular flexibility index (Phi) is 1.91. The summed E-state index contributed by atoms with van der Waals surface area (Å²) in [6.45, 7) is 0.623. The molecular formula is C10H9ClO. The molecule has 2 rings (SSSR count). The monoisotopic (exact) mass is 180 g/mol. The maximum atomic E-state index is 5.89. The summed E-state index contributed by atoms with van der Waals surface area (Å²) >= 11 is 5.89. The third-order valence-corrected chi connectivity index (χ3v) is 2.09. The molecule has 1 aliphatic rings. The normalized spacial score (nSPS) is 27.8. The van der Waals surface area contributed by atoms with Crippen molar-refractivity contribution in [1.29, 1.82) is 0 Å². The smallest absolute Gasteiger partial charge is 0.184 e. The van der Waals surface area contributed by atoms with Gasteiger partial charge in [-0.25, -0.2) is 0 Å². The quantitative estimate of drug-likeness (QED) is 0.504. The van der Waals surface area contributed by atoms with Crippen molar-refractivity contribution in [1.82, 2.24) is 0 Å². The molecule has 0 bridgehead atoms. The summed E-state index contributed by atoms with van der Waals surface area (Å²) in [6.07, 6.45) is 3.85. The lowest BCUT2D eigenvalue weighted by atomic mass is 10.2. The van der Waals surface area contributed by atoms with Crippen molar-refractivity contribution in [2.75, 3.05) is 6.61 Å². The molecule has 1 aromatic carbocycles. The highest BCUT2D eigenvalue weighted by molar-refractivity contribution is 6.26. The van der Waals surface area contributed by atoms with Crippen molar-refractivity contribution in [3.8, 4) is 0 Å². The SMILES string of the molecule is ClC1(/C=C/c2ccccc2)CO1. The summed E-state index contributed by atoms with van der Waals surface area (Å²) in [7, 11) is 0. The number of rotatable bonds is 2. The third kappa shape index (κ3) is 1.87. The summed E-state index contributed by atoms with van der Waals surface area (Å²) in [6, 6.07) is 10.0. The van der Waals surface area contributed by atoms with Crippen LogP contribution in [0.15, 0.2) is 36.4 Å². The molecular weight excluding hydrogens is 172 g/mol. The van der Waals surface area contributed by atoms with E-state index in [1.54, 1.807) is 0 Å². The van der Waals surface area contributed by atoms with Gasteiger partial charge in [0.1, 0.15) is 0 Å². The molecule has 2 heteroatoms. The highest BCUT2D eigenvalue weighted by atomic mass is 35.5. The summed E-state index contributed by atoms with van der Waals surface area (Å²) < 4.78 is 5.00. The Balaban J connectivity index is 2.08. The molecule has 1 nitrogen and oxygen atoms in total. The largest absolute Gasteiger partial charge is 0.349 e. The Bertz CT molecular complexity index is 288. The van der Waals surface area contributed by atoms with Gasteiger partial charge in [0.05, 0.1) is 6.61 Å². The van der Waals surface area contributed by atoms with Crippen molar-refractivity contribution >= 4 is 17.7 Å². The molecule has 0 aliphatic carbocycles. The van der Waals surface area contributed by atoms with E-state index in [4.69, 9.17) is 16.3 Å². The lowest BCUT2D eigenvalue weighted by molar-refractivity contribution is 0.417. The summed E-state index contributed by atoms with van der Waals surface area (Å²) in [5.41, 5.74) is 1.15. The zero-order valence-electron chi connectivity index (χ0n) is 6.53. The van der Waals surface area contributed by atoms with Crippen molar-refractivity contribution in [2.45, 2.75) is 5.06 Å². The summed E-state index contributed by atoms with van der Waals surface area (Å²) in [4.78, 5) is 0. The van der Waals surface area contributed by atoms with E-state index in [0.717, 1.165) is 5.56 Å². The van der Waals surface area contributed by atoms with Crippen LogP contribution < -0.4 is 0 Å². The van der Waals surface area contributed by atoms with Gasteiger partial charge in [0.15, 0.2) is 5.06 Å². The van der Waals surface area contributed by atoms with Gasteiger partial charge < -0.3 is 4.74 Å². The topological polar surface area (TPSA) is 12.5 Å². The lowest BCUT2D eigenvalue weighted by Gasteiger charge is -1.92. The van der Waals surface area contributed by atoms with Gasteiger partial charge in [-0.2, -0.15) is 0 Å². The molecule has 1 atom stereocenters. The highest BCUT2D eigenvalue weighted by Gasteiger charge is 2.39. The van der Waals surface area contributed by atoms with E-state index in [9.17, 15) is 0 Å². The fraction of sp³-hybridized carbons (Fsp3) is 0.200. The van der Waals surface area contributed by atoms with Gasteiger partial charge in [-0.3, -0.25) is 0 Å². The molecule has 62 valence electrons. The first-order valence-corrected chi connectivity index (χ1v) is 4.23. The van der Waals surface area contributed by atoms with Crippen LogP contribution in [0.2, 0.25) is 0 Å². The Morgan fingerprint density at radius 3 is 2.58 bits per heavy atom. The van der Waals surface area contributed by atoms with E-state index >= 15 is 0 Å². The molecule has 0 radical (unpaired) electrons. The van der Waals surface area contributed by atoms with E-state index in [1.807, 2.05) is 42.5 Å². The van der Waals surface area contributed by atoms with E-state index in [2.05, 4.69) is 0 Å². The van der Waals surface area contributed by atoms with Crippen molar-refractivity contribution < 1.29 is 4.74 Å². The van der Waals surface area contributed by atoms with Gasteiger partial charge in [-0.1, -0.05) is 48.0 Å². The first-order valence-electron chi connectivity index (χ1n) is 3.86. The molecule has 0 saturated carbocycles. The Labute approximate surface area is 76.6 Å². The molecule has 1 heterocycles. The molecule has 0 spiro atoms. The van der Waals surface area contributed by atoms with Crippen LogP contribution in [-0.2, 0) is 4.74 Å². The number of ether oxygens (including phenoxy) is 1. The predicted octanol–water partition coefficient (Wildman–Crippen LogP) is 2.67. The van der Waals surface area contributed by atoms with Crippen molar-refractivity contribution in [3.05, 3.63) is 42.0 Å². The number of hydrogen-bond acceptors (Lipinski definition) is 1. The second-order valence-electron chi connectivity index (χ2n) is 2.82. The third-order valence-electron chi connectivity index (χ3n) is 1.74. The van der Waals surface area contributed by atoms with Crippen molar-refractivity contribution in [3.63, 3.8) is 0 Å². The van der Waals surface area contributed by atoms with Gasteiger partial charge in [0.2, 0.25) is 0 Å². The van der Waals surface area contributed by atoms with E-state index in [1.165, 1.54) is 0 Å². The number of hydrogen-bond donors (Lipinski definition) is 0. The zero-order valence-corrected chi connectivity index (χ0v) is 7.29. The maximum Gasteiger partial charge on any atom is 0.184 e. The number of epoxide rings is 1. The molecule has 1 saturated heterocycles. The number of alkyl halides is 1. The minimum atomic E-state index is -0.504. The van der Waals surface area contributed by atoms with Crippen LogP contribution in [0.3, 0.4) is 0 Å². The zero-order chi connectivity index (χ0) is 8.44. The van der Waals surface area contributed by atoms with E-state index in [0.29, 0.717) is 6.61 Å². The van der Waals surface area contributed by atoms with Crippen LogP contribution >= 0.6 is 11.6 Å². The average molecular weight is 181 g/mol. The molecule has 12 heavy (non-hydrogen) atoms. The predicted molar refractivity (Wildman–Crippen MR) is 50.0 cm³/mol. The van der Waals surface area contributed by atoms with E-state index in [-0.39, 0.29) is 0 Å². The van der Waals surface area contributed by atoms with Crippen LogP contribution in [0.1, 0.15) is 5.56 Å². The molecule has 1 aromatic rings. The molecule has 1 aliphatic heterocycles. The second-order valence-corrected chi connectivity index (χ2v) is 3.46. The Morgan fingerprint density at radius 1 is 1.33 bits per heavy atom. The molecule has 0 amide bonds. The molecule has 0 N–H and O–H groups in total. The van der Waals surface area contributed by atoms with Gasteiger partial charge in [-0.05, 0) is 11.6 Å². The van der Waals surface area contributed by atoms with Crippen LogP contribution in [0.25, 0.3) is 6.08 Å². The summed E-state index contributed by atoms with van der Waals surface area (Å²) in [5, 5.41) is -0.504. The first kappa shape index (κ1) is 7.84. The van der Waals surface area contributed by atoms with Gasteiger partial charge in [0, 0.05) is 0 Å². The number of halogens is 1. The second kappa shape index (κ2) is 2.92. The highest BCUT2D eigenvalue weighted by Crippen LogP contribution is 2.33. The molecule has 0 aromatic heterocycles. The van der Waals surface area contributed by atoms with Crippen LogP contribution in [-0.4, -0.2) is 11.7 Å². The minimum Gasteiger partial charge on any atom is -0.349 e. The van der Waals surface area contributed by atoms with Crippen LogP contribution in [0, 0.1) is 0 Å². The van der Waals surface area contributed by atoms with Gasteiger partial charge >= 0.3 is 0 Å². The standard InChI is InChI=1S/C10H9ClO/c11-10(8-12-10)7-6-9-4-2-1-3-5-9/h1-7H,8H2/b7-6+. The van der Waals surface area contributed by atoms with E-state index < -0.39 is 5.06 Å². The minimum absolute atomic E-state index is 0.504. The fourth-order valence-electron chi connectivity index (χ4n) is 0.950. The van der Waals surface area contributed by atoms with Crippen LogP contribution in [0.5, 0.6) is 0 Å². The average Bonchev–Trinajstić information content (AvgIpc) is 2.84. The Morgan fingerprint density at radius 2 is 2.00 bits per heavy atom. The lowest BCUT2D eigenvalue weighted by Crippen LogP contribution is -1.91. The Hall–Kier alpha value is -0.790. The fourth-order valence-corrected chi connectivity index (χ4v) is 1.07. The number of benzene rings is 1. The van der Waals surface area contributed by atoms with Gasteiger partial charge in [-0.15, -0.1) is 0 Å². The van der Waals surface area contributed by atoms with Crippen LogP contribution in [0.4, 0.5) is 0 Å². The van der Waals surface area contributed by atoms with Gasteiger partial charge in [0.25, 0.3) is 0 Å². The van der Waals surface area contributed by atoms with Crippen molar-refractivity contribution in [2.24, 2.45) is 0 Å². The molecule has 1 unspecified atom stereocenters. The molecule has 1 fully saturated rings. The maximum absolute atomic E-state index is 5.89.